The monoisotopic (exact) mass is 542 g/mol. The molecule has 0 bridgehead atoms. The molecule has 36 heavy (non-hydrogen) atoms. The maximum Gasteiger partial charge on any atom is 0.267 e. The Kier molecular flexibility index (Phi) is 6.65. The van der Waals surface area contributed by atoms with Crippen molar-refractivity contribution in [1.82, 2.24) is 10.3 Å². The van der Waals surface area contributed by atoms with Crippen molar-refractivity contribution in [2.24, 2.45) is 0 Å². The highest BCUT2D eigenvalue weighted by Gasteiger charge is 2.31. The summed E-state index contributed by atoms with van der Waals surface area (Å²) in [6.45, 7) is 1.82. The number of thiazole rings is 1. The van der Waals surface area contributed by atoms with E-state index in [1.165, 1.54) is 33.6 Å². The molecule has 0 spiro atoms. The van der Waals surface area contributed by atoms with Gasteiger partial charge < -0.3 is 15.4 Å². The number of nitrogens with zero attached hydrogens (tertiary/aromatic N) is 2. The van der Waals surface area contributed by atoms with Crippen LogP contribution in [0.25, 0.3) is 0 Å². The number of aromatic nitrogens is 1. The van der Waals surface area contributed by atoms with Crippen molar-refractivity contribution in [3.8, 4) is 5.75 Å². The summed E-state index contributed by atoms with van der Waals surface area (Å²) < 4.78 is 20.9. The fraction of sp³-hybridized carbons (Fsp3) is 0.160. The topological polar surface area (TPSA) is 83.6 Å². The van der Waals surface area contributed by atoms with Crippen molar-refractivity contribution in [3.05, 3.63) is 90.8 Å². The second-order valence-electron chi connectivity index (χ2n) is 8.01. The van der Waals surface area contributed by atoms with Gasteiger partial charge >= 0.3 is 0 Å². The summed E-state index contributed by atoms with van der Waals surface area (Å²) in [5.41, 5.74) is 2.14. The van der Waals surface area contributed by atoms with Gasteiger partial charge in [-0.15, -0.1) is 22.7 Å². The van der Waals surface area contributed by atoms with E-state index in [4.69, 9.17) is 16.3 Å². The zero-order valence-corrected chi connectivity index (χ0v) is 21.6. The number of carbonyl (C=O) groups excluding carboxylic acids is 2. The Labute approximate surface area is 219 Å². The van der Waals surface area contributed by atoms with Gasteiger partial charge in [-0.05, 0) is 49.4 Å². The van der Waals surface area contributed by atoms with E-state index in [2.05, 4.69) is 15.6 Å². The number of rotatable bonds is 6. The van der Waals surface area contributed by atoms with Gasteiger partial charge in [0.1, 0.15) is 28.2 Å². The van der Waals surface area contributed by atoms with Crippen LogP contribution in [0.4, 0.5) is 15.8 Å². The summed E-state index contributed by atoms with van der Waals surface area (Å²) in [7, 11) is 1.66. The molecule has 0 aliphatic carbocycles. The molecule has 1 unspecified atom stereocenters. The second kappa shape index (κ2) is 9.88. The molecule has 0 radical (unpaired) electrons. The van der Waals surface area contributed by atoms with Crippen LogP contribution in [0, 0.1) is 12.7 Å². The van der Waals surface area contributed by atoms with Crippen LogP contribution >= 0.6 is 34.3 Å². The molecular formula is C25H20ClFN4O3S2. The second-order valence-corrected chi connectivity index (χ2v) is 10.6. The highest BCUT2D eigenvalue weighted by Crippen LogP contribution is 2.34. The predicted octanol–water partition coefficient (Wildman–Crippen LogP) is 5.86. The summed E-state index contributed by atoms with van der Waals surface area (Å²) in [5, 5.41) is 8.55. The lowest BCUT2D eigenvalue weighted by molar-refractivity contribution is 0.0928. The van der Waals surface area contributed by atoms with Gasteiger partial charge in [-0.1, -0.05) is 11.6 Å². The van der Waals surface area contributed by atoms with Crippen molar-refractivity contribution in [1.29, 1.82) is 0 Å². The Hall–Kier alpha value is -3.47. The van der Waals surface area contributed by atoms with E-state index >= 15 is 0 Å². The molecular weight excluding hydrogens is 523 g/mol. The fourth-order valence-electron chi connectivity index (χ4n) is 3.82. The number of hydrogen-bond acceptors (Lipinski definition) is 7. The van der Waals surface area contributed by atoms with Crippen LogP contribution in [0.5, 0.6) is 5.75 Å². The van der Waals surface area contributed by atoms with E-state index in [0.717, 1.165) is 15.6 Å². The van der Waals surface area contributed by atoms with Crippen molar-refractivity contribution in [2.75, 3.05) is 24.0 Å². The minimum Gasteiger partial charge on any atom is -0.472 e. The average molecular weight is 543 g/mol. The van der Waals surface area contributed by atoms with Crippen molar-refractivity contribution in [3.63, 3.8) is 0 Å². The van der Waals surface area contributed by atoms with Gasteiger partial charge in [0, 0.05) is 46.0 Å². The zero-order chi connectivity index (χ0) is 25.4. The molecule has 2 amide bonds. The van der Waals surface area contributed by atoms with Crippen molar-refractivity contribution < 1.29 is 18.7 Å². The van der Waals surface area contributed by atoms with Gasteiger partial charge in [0.15, 0.2) is 6.73 Å². The molecule has 3 heterocycles. The van der Waals surface area contributed by atoms with Crippen LogP contribution in [0.2, 0.25) is 4.34 Å². The Bertz CT molecular complexity index is 1410. The van der Waals surface area contributed by atoms with Gasteiger partial charge in [0.2, 0.25) is 0 Å². The number of fused-ring (bicyclic) bond motifs is 1. The Morgan fingerprint density at radius 3 is 2.64 bits per heavy atom. The number of thiophene rings is 1. The van der Waals surface area contributed by atoms with Crippen LogP contribution in [0.1, 0.15) is 42.3 Å². The van der Waals surface area contributed by atoms with E-state index in [1.807, 2.05) is 18.4 Å². The molecule has 0 fully saturated rings. The molecule has 1 aliphatic heterocycles. The van der Waals surface area contributed by atoms with Crippen molar-refractivity contribution >= 4 is 57.5 Å². The average Bonchev–Trinajstić information content (AvgIpc) is 3.50. The minimum atomic E-state index is -0.667. The van der Waals surface area contributed by atoms with Gasteiger partial charge in [-0.2, -0.15) is 0 Å². The summed E-state index contributed by atoms with van der Waals surface area (Å²) in [4.78, 5) is 32.9. The normalized spacial score (nSPS) is 13.7. The third-order valence-corrected chi connectivity index (χ3v) is 7.95. The van der Waals surface area contributed by atoms with Crippen LogP contribution in [0.3, 0.4) is 0 Å². The maximum atomic E-state index is 14.6. The minimum absolute atomic E-state index is 0.0748. The molecule has 184 valence electrons. The van der Waals surface area contributed by atoms with E-state index in [0.29, 0.717) is 21.3 Å². The molecule has 2 aromatic carbocycles. The molecule has 0 saturated carbocycles. The first-order chi connectivity index (χ1) is 17.3. The fourth-order valence-corrected chi connectivity index (χ4v) is 5.87. The molecule has 5 rings (SSSR count). The number of anilines is 2. The van der Waals surface area contributed by atoms with Crippen LogP contribution in [0.15, 0.2) is 53.9 Å². The SMILES string of the molecule is CNc1cc(F)c2c(c1)OCN(c1ccc(C(=O)NC(c3ccc(Cl)s3)c3nc(C)cs3)cc1)C2=O. The number of hydrogen-bond donors (Lipinski definition) is 2. The van der Waals surface area contributed by atoms with E-state index in [-0.39, 0.29) is 24.0 Å². The molecule has 11 heteroatoms. The first-order valence-corrected chi connectivity index (χ1v) is 13.0. The standard InChI is InChI=1S/C25H20ClFN4O3S2/c1-13-11-35-24(29-13)22(19-7-8-20(26)36-19)30-23(32)14-3-5-16(6-4-14)31-12-34-18-10-15(28-2)9-17(27)21(18)25(31)33/h3-11,22,28H,12H2,1-2H3,(H,30,32). The molecule has 2 aromatic heterocycles. The predicted molar refractivity (Wildman–Crippen MR) is 140 cm³/mol. The highest BCUT2D eigenvalue weighted by atomic mass is 35.5. The Morgan fingerprint density at radius 1 is 1.22 bits per heavy atom. The first kappa shape index (κ1) is 24.2. The lowest BCUT2D eigenvalue weighted by atomic mass is 10.1. The van der Waals surface area contributed by atoms with Gasteiger partial charge in [-0.25, -0.2) is 9.37 Å². The summed E-state index contributed by atoms with van der Waals surface area (Å²) in [5.74, 6) is -1.29. The molecule has 0 saturated heterocycles. The number of benzene rings is 2. The maximum absolute atomic E-state index is 14.6. The smallest absolute Gasteiger partial charge is 0.267 e. The van der Waals surface area contributed by atoms with Gasteiger partial charge in [0.25, 0.3) is 11.8 Å². The molecule has 2 N–H and O–H groups in total. The highest BCUT2D eigenvalue weighted by molar-refractivity contribution is 7.16. The van der Waals surface area contributed by atoms with Crippen LogP contribution in [-0.2, 0) is 0 Å². The number of amides is 2. The third kappa shape index (κ3) is 4.67. The van der Waals surface area contributed by atoms with E-state index in [9.17, 15) is 14.0 Å². The number of aryl methyl sites for hydroxylation is 1. The number of nitrogens with one attached hydrogen (secondary N) is 2. The molecule has 7 nitrogen and oxygen atoms in total. The quantitative estimate of drug-likeness (QED) is 0.319. The largest absolute Gasteiger partial charge is 0.472 e. The lowest BCUT2D eigenvalue weighted by Crippen LogP contribution is -2.39. The van der Waals surface area contributed by atoms with E-state index in [1.54, 1.807) is 43.4 Å². The van der Waals surface area contributed by atoms with Crippen LogP contribution in [-0.4, -0.2) is 30.6 Å². The van der Waals surface area contributed by atoms with Crippen molar-refractivity contribution in [2.45, 2.75) is 13.0 Å². The number of ether oxygens (including phenoxy) is 1. The Balaban J connectivity index is 1.36. The summed E-state index contributed by atoms with van der Waals surface area (Å²) in [6, 6.07) is 12.5. The van der Waals surface area contributed by atoms with Crippen LogP contribution < -0.4 is 20.3 Å². The Morgan fingerprint density at radius 2 is 2.00 bits per heavy atom. The molecule has 1 atom stereocenters. The summed E-state index contributed by atoms with van der Waals surface area (Å²) >= 11 is 8.97. The molecule has 4 aromatic rings. The summed E-state index contributed by atoms with van der Waals surface area (Å²) in [6.07, 6.45) is 0. The van der Waals surface area contributed by atoms with Gasteiger partial charge in [0.05, 0.1) is 4.34 Å². The third-order valence-electron chi connectivity index (χ3n) is 5.63. The molecule has 1 aliphatic rings. The number of halogens is 2. The van der Waals surface area contributed by atoms with Gasteiger partial charge in [-0.3, -0.25) is 14.5 Å². The zero-order valence-electron chi connectivity index (χ0n) is 19.2. The number of carbonyl (C=O) groups is 2. The lowest BCUT2D eigenvalue weighted by Gasteiger charge is -2.29. The van der Waals surface area contributed by atoms with E-state index < -0.39 is 17.8 Å². The first-order valence-electron chi connectivity index (χ1n) is 10.9.